The number of hydrogen-bond acceptors (Lipinski definition) is 4. The molecule has 30 heavy (non-hydrogen) atoms. The third-order valence-electron chi connectivity index (χ3n) is 4.74. The molecular formula is C23H21N3O3S. The quantitative estimate of drug-likeness (QED) is 0.363. The molecule has 0 amide bonds. The summed E-state index contributed by atoms with van der Waals surface area (Å²) in [5.74, 6) is 0.807. The first-order valence-electron chi connectivity index (χ1n) is 9.37. The number of nitrogens with zero attached hydrogens (tertiary/aromatic N) is 2. The van der Waals surface area contributed by atoms with Crippen LogP contribution in [-0.2, 0) is 16.6 Å². The number of fused-ring (bicyclic) bond motifs is 1. The zero-order valence-electron chi connectivity index (χ0n) is 16.4. The fourth-order valence-electron chi connectivity index (χ4n) is 3.29. The van der Waals surface area contributed by atoms with Crippen LogP contribution in [0.4, 0.5) is 0 Å². The van der Waals surface area contributed by atoms with Crippen LogP contribution in [0.1, 0.15) is 11.1 Å². The minimum atomic E-state index is -3.70. The second kappa shape index (κ2) is 8.42. The summed E-state index contributed by atoms with van der Waals surface area (Å²) >= 11 is 0. The van der Waals surface area contributed by atoms with Crippen molar-refractivity contribution in [3.63, 3.8) is 0 Å². The molecule has 4 aromatic rings. The number of methoxy groups -OCH3 is 1. The lowest BCUT2D eigenvalue weighted by atomic mass is 10.2. The molecule has 0 radical (unpaired) electrons. The van der Waals surface area contributed by atoms with Gasteiger partial charge in [0, 0.05) is 29.2 Å². The van der Waals surface area contributed by atoms with Gasteiger partial charge in [-0.3, -0.25) is 0 Å². The average Bonchev–Trinajstić information content (AvgIpc) is 3.12. The van der Waals surface area contributed by atoms with E-state index in [-0.39, 0.29) is 4.90 Å². The minimum Gasteiger partial charge on any atom is -0.497 e. The highest BCUT2D eigenvalue weighted by atomic mass is 32.2. The molecule has 0 aliphatic carbocycles. The van der Waals surface area contributed by atoms with E-state index < -0.39 is 10.0 Å². The van der Waals surface area contributed by atoms with Gasteiger partial charge in [-0.15, -0.1) is 0 Å². The standard InChI is InChI=1S/C23H21N3O3S/c1-29-20-9-7-8-18(14-20)16-26-17-19(22-12-5-6-13-23(22)26)15-24-25-30(27,28)21-10-3-2-4-11-21/h2-15,17,25H,16H2,1H3. The van der Waals surface area contributed by atoms with Crippen LogP contribution in [-0.4, -0.2) is 26.3 Å². The van der Waals surface area contributed by atoms with E-state index in [1.165, 1.54) is 18.3 Å². The summed E-state index contributed by atoms with van der Waals surface area (Å²) in [4.78, 5) is 2.45. The number of hydrogen-bond donors (Lipinski definition) is 1. The molecule has 0 aliphatic heterocycles. The van der Waals surface area contributed by atoms with Crippen molar-refractivity contribution in [2.45, 2.75) is 11.4 Å². The molecule has 0 saturated carbocycles. The van der Waals surface area contributed by atoms with E-state index in [1.54, 1.807) is 25.3 Å². The summed E-state index contributed by atoms with van der Waals surface area (Å²) in [6.07, 6.45) is 3.50. The second-order valence-electron chi connectivity index (χ2n) is 6.75. The van der Waals surface area contributed by atoms with Crippen molar-refractivity contribution in [1.82, 2.24) is 9.40 Å². The predicted molar refractivity (Wildman–Crippen MR) is 118 cm³/mol. The van der Waals surface area contributed by atoms with Gasteiger partial charge in [-0.2, -0.15) is 13.5 Å². The number of benzene rings is 3. The highest BCUT2D eigenvalue weighted by molar-refractivity contribution is 7.89. The molecule has 1 heterocycles. The highest BCUT2D eigenvalue weighted by Gasteiger charge is 2.12. The lowest BCUT2D eigenvalue weighted by molar-refractivity contribution is 0.414. The Kier molecular flexibility index (Phi) is 5.54. The van der Waals surface area contributed by atoms with Gasteiger partial charge in [0.25, 0.3) is 10.0 Å². The van der Waals surface area contributed by atoms with Crippen molar-refractivity contribution in [1.29, 1.82) is 0 Å². The third-order valence-corrected chi connectivity index (χ3v) is 5.98. The number of nitrogens with one attached hydrogen (secondary N) is 1. The monoisotopic (exact) mass is 419 g/mol. The van der Waals surface area contributed by atoms with Gasteiger partial charge in [0.2, 0.25) is 0 Å². The molecule has 0 saturated heterocycles. The van der Waals surface area contributed by atoms with E-state index >= 15 is 0 Å². The average molecular weight is 420 g/mol. The van der Waals surface area contributed by atoms with E-state index in [2.05, 4.69) is 14.5 Å². The molecule has 4 rings (SSSR count). The van der Waals surface area contributed by atoms with Crippen molar-refractivity contribution in [2.24, 2.45) is 5.10 Å². The molecule has 0 bridgehead atoms. The molecule has 7 heteroatoms. The minimum absolute atomic E-state index is 0.169. The van der Waals surface area contributed by atoms with Crippen molar-refractivity contribution >= 4 is 27.1 Å². The summed E-state index contributed by atoms with van der Waals surface area (Å²) in [6.45, 7) is 0.654. The normalized spacial score (nSPS) is 11.8. The number of aromatic nitrogens is 1. The summed E-state index contributed by atoms with van der Waals surface area (Å²) in [5, 5.41) is 4.98. The van der Waals surface area contributed by atoms with Crippen LogP contribution in [0.5, 0.6) is 5.75 Å². The first-order valence-corrected chi connectivity index (χ1v) is 10.9. The van der Waals surface area contributed by atoms with E-state index in [0.717, 1.165) is 27.8 Å². The molecule has 1 aromatic heterocycles. The maximum absolute atomic E-state index is 12.4. The van der Waals surface area contributed by atoms with Crippen molar-refractivity contribution in [2.75, 3.05) is 7.11 Å². The number of rotatable bonds is 7. The van der Waals surface area contributed by atoms with Gasteiger partial charge in [0.1, 0.15) is 5.75 Å². The van der Waals surface area contributed by atoms with Gasteiger partial charge >= 0.3 is 0 Å². The van der Waals surface area contributed by atoms with Crippen LogP contribution in [0.15, 0.2) is 95.1 Å². The van der Waals surface area contributed by atoms with Gasteiger partial charge in [0.05, 0.1) is 18.2 Å². The fourth-order valence-corrected chi connectivity index (χ4v) is 4.11. The third kappa shape index (κ3) is 4.21. The Labute approximate surface area is 175 Å². The molecule has 0 fully saturated rings. The Hall–Kier alpha value is -3.58. The predicted octanol–water partition coefficient (Wildman–Crippen LogP) is 4.01. The lowest BCUT2D eigenvalue weighted by Crippen LogP contribution is -2.18. The van der Waals surface area contributed by atoms with Crippen LogP contribution >= 0.6 is 0 Å². The van der Waals surface area contributed by atoms with Gasteiger partial charge in [-0.25, -0.2) is 4.83 Å². The van der Waals surface area contributed by atoms with Crippen LogP contribution in [0.2, 0.25) is 0 Å². The molecular weight excluding hydrogens is 398 g/mol. The fraction of sp³-hybridized carbons (Fsp3) is 0.0870. The lowest BCUT2D eigenvalue weighted by Gasteiger charge is -2.07. The van der Waals surface area contributed by atoms with Crippen LogP contribution in [0.3, 0.4) is 0 Å². The van der Waals surface area contributed by atoms with Gasteiger partial charge < -0.3 is 9.30 Å². The number of hydrazone groups is 1. The van der Waals surface area contributed by atoms with E-state index in [1.807, 2.05) is 54.7 Å². The highest BCUT2D eigenvalue weighted by Crippen LogP contribution is 2.22. The Morgan fingerprint density at radius 2 is 1.77 bits per heavy atom. The zero-order valence-corrected chi connectivity index (χ0v) is 17.2. The molecule has 152 valence electrons. The zero-order chi connectivity index (χ0) is 21.0. The topological polar surface area (TPSA) is 72.7 Å². The van der Waals surface area contributed by atoms with Gasteiger partial charge in [-0.1, -0.05) is 48.5 Å². The SMILES string of the molecule is COc1cccc(Cn2cc(C=NNS(=O)(=O)c3ccccc3)c3ccccc32)c1. The molecule has 0 aliphatic rings. The number of ether oxygens (including phenoxy) is 1. The van der Waals surface area contributed by atoms with E-state index in [0.29, 0.717) is 6.54 Å². The van der Waals surface area contributed by atoms with Crippen LogP contribution in [0, 0.1) is 0 Å². The Morgan fingerprint density at radius 3 is 2.57 bits per heavy atom. The Bertz CT molecular complexity index is 1300. The number of para-hydroxylation sites is 1. The summed E-state index contributed by atoms with van der Waals surface area (Å²) in [6, 6.07) is 24.0. The molecule has 0 unspecified atom stereocenters. The number of sulfonamides is 1. The molecule has 0 spiro atoms. The van der Waals surface area contributed by atoms with Crippen molar-refractivity contribution < 1.29 is 13.2 Å². The molecule has 3 aromatic carbocycles. The molecule has 6 nitrogen and oxygen atoms in total. The Balaban J connectivity index is 1.61. The van der Waals surface area contributed by atoms with Crippen LogP contribution < -0.4 is 9.57 Å². The van der Waals surface area contributed by atoms with E-state index in [9.17, 15) is 8.42 Å². The largest absolute Gasteiger partial charge is 0.497 e. The Morgan fingerprint density at radius 1 is 1.00 bits per heavy atom. The van der Waals surface area contributed by atoms with Crippen LogP contribution in [0.25, 0.3) is 10.9 Å². The van der Waals surface area contributed by atoms with Gasteiger partial charge in [0.15, 0.2) is 0 Å². The molecule has 0 atom stereocenters. The first-order chi connectivity index (χ1) is 14.6. The second-order valence-corrected chi connectivity index (χ2v) is 8.41. The maximum Gasteiger partial charge on any atom is 0.276 e. The maximum atomic E-state index is 12.4. The summed E-state index contributed by atoms with van der Waals surface area (Å²) in [7, 11) is -2.05. The smallest absolute Gasteiger partial charge is 0.276 e. The first kappa shape index (κ1) is 19.7. The summed E-state index contributed by atoms with van der Waals surface area (Å²) < 4.78 is 32.1. The molecule has 1 N–H and O–H groups in total. The van der Waals surface area contributed by atoms with Crippen molar-refractivity contribution in [3.05, 3.63) is 96.2 Å². The van der Waals surface area contributed by atoms with Crippen molar-refractivity contribution in [3.8, 4) is 5.75 Å². The van der Waals surface area contributed by atoms with Gasteiger partial charge in [-0.05, 0) is 35.9 Å². The van der Waals surface area contributed by atoms with E-state index in [4.69, 9.17) is 4.74 Å². The summed E-state index contributed by atoms with van der Waals surface area (Å²) in [5.41, 5.74) is 2.96.